The van der Waals surface area contributed by atoms with Gasteiger partial charge in [-0.3, -0.25) is 19.4 Å². The molecule has 2 amide bonds. The number of aromatic hydroxyl groups is 1. The highest BCUT2D eigenvalue weighted by Gasteiger charge is 2.58. The van der Waals surface area contributed by atoms with Gasteiger partial charge in [0, 0.05) is 38.7 Å². The van der Waals surface area contributed by atoms with Gasteiger partial charge in [0.15, 0.2) is 0 Å². The normalized spacial score (nSPS) is 26.5. The number of aryl methyl sites for hydroxylation is 2. The molecule has 4 aliphatic rings. The molecule has 6 rings (SSSR count). The Morgan fingerprint density at radius 1 is 1.05 bits per heavy atom. The van der Waals surface area contributed by atoms with Gasteiger partial charge in [-0.15, -0.1) is 0 Å². The molecule has 0 saturated carbocycles. The molecule has 0 radical (unpaired) electrons. The van der Waals surface area contributed by atoms with E-state index in [0.29, 0.717) is 25.4 Å². The summed E-state index contributed by atoms with van der Waals surface area (Å²) in [5, 5.41) is 10.1. The number of nitrogens with zero attached hydrogens (tertiary/aromatic N) is 2. The van der Waals surface area contributed by atoms with Crippen LogP contribution in [0.4, 0.5) is 0 Å². The molecular formula is C37H46N2O5. The zero-order chi connectivity index (χ0) is 31.0. The molecule has 0 spiro atoms. The summed E-state index contributed by atoms with van der Waals surface area (Å²) in [7, 11) is 1.70. The van der Waals surface area contributed by atoms with Crippen molar-refractivity contribution in [1.82, 2.24) is 9.80 Å². The summed E-state index contributed by atoms with van der Waals surface area (Å²) in [6.45, 7) is 9.60. The highest BCUT2D eigenvalue weighted by molar-refractivity contribution is 6.06. The number of likely N-dealkylation sites (tertiary alicyclic amines) is 2. The summed E-state index contributed by atoms with van der Waals surface area (Å²) < 4.78 is 12.0. The van der Waals surface area contributed by atoms with Crippen LogP contribution in [0.3, 0.4) is 0 Å². The predicted octanol–water partition coefficient (Wildman–Crippen LogP) is 5.82. The van der Waals surface area contributed by atoms with E-state index < -0.39 is 0 Å². The molecule has 1 aliphatic carbocycles. The largest absolute Gasteiger partial charge is 0.507 e. The average Bonchev–Trinajstić information content (AvgIpc) is 3.54. The highest BCUT2D eigenvalue weighted by atomic mass is 16.5. The molecular weight excluding hydrogens is 552 g/mol. The molecule has 3 aliphatic heterocycles. The number of phenols is 1. The number of methoxy groups -OCH3 is 1. The molecule has 44 heavy (non-hydrogen) atoms. The van der Waals surface area contributed by atoms with Crippen LogP contribution in [-0.4, -0.2) is 72.3 Å². The second-order valence-corrected chi connectivity index (χ2v) is 13.3. The molecule has 7 nitrogen and oxygen atoms in total. The summed E-state index contributed by atoms with van der Waals surface area (Å²) in [5.41, 5.74) is 7.72. The number of rotatable bonds is 9. The van der Waals surface area contributed by atoms with E-state index in [2.05, 4.69) is 42.2 Å². The third-order valence-corrected chi connectivity index (χ3v) is 10.3. The molecule has 2 aromatic carbocycles. The minimum Gasteiger partial charge on any atom is -0.507 e. The van der Waals surface area contributed by atoms with Gasteiger partial charge in [-0.2, -0.15) is 0 Å². The fraction of sp³-hybridized carbons (Fsp3) is 0.514. The Balaban J connectivity index is 1.13. The lowest BCUT2D eigenvalue weighted by Gasteiger charge is -2.36. The van der Waals surface area contributed by atoms with Gasteiger partial charge in [0.25, 0.3) is 0 Å². The third-order valence-electron chi connectivity index (χ3n) is 10.3. The Hall–Kier alpha value is -3.26. The van der Waals surface area contributed by atoms with Crippen molar-refractivity contribution in [3.05, 3.63) is 81.4 Å². The minimum atomic E-state index is -0.329. The van der Waals surface area contributed by atoms with Crippen LogP contribution in [0.1, 0.15) is 61.3 Å². The zero-order valence-corrected chi connectivity index (χ0v) is 26.6. The Labute approximate surface area is 261 Å². The molecule has 1 N–H and O–H groups in total. The molecule has 7 heteroatoms. The number of benzene rings is 2. The van der Waals surface area contributed by atoms with Crippen LogP contribution in [-0.2, 0) is 25.6 Å². The number of fused-ring (bicyclic) bond motifs is 3. The topological polar surface area (TPSA) is 79.3 Å². The Morgan fingerprint density at radius 3 is 2.43 bits per heavy atom. The number of piperidine rings is 1. The van der Waals surface area contributed by atoms with E-state index in [4.69, 9.17) is 9.47 Å². The maximum Gasteiger partial charge on any atom is 0.234 e. The first-order valence-electron chi connectivity index (χ1n) is 16.2. The van der Waals surface area contributed by atoms with Crippen LogP contribution in [0.25, 0.3) is 6.08 Å². The molecule has 0 unspecified atom stereocenters. The summed E-state index contributed by atoms with van der Waals surface area (Å²) >= 11 is 0. The van der Waals surface area contributed by atoms with Crippen LogP contribution in [0, 0.1) is 31.6 Å². The second-order valence-electron chi connectivity index (χ2n) is 13.3. The van der Waals surface area contributed by atoms with Crippen molar-refractivity contribution in [2.24, 2.45) is 17.8 Å². The summed E-state index contributed by atoms with van der Waals surface area (Å²) in [5.74, 6) is -0.325. The molecule has 3 heterocycles. The van der Waals surface area contributed by atoms with E-state index in [9.17, 15) is 14.7 Å². The van der Waals surface area contributed by atoms with E-state index in [-0.39, 0.29) is 41.7 Å². The monoisotopic (exact) mass is 598 g/mol. The van der Waals surface area contributed by atoms with E-state index >= 15 is 0 Å². The summed E-state index contributed by atoms with van der Waals surface area (Å²) in [4.78, 5) is 32.0. The van der Waals surface area contributed by atoms with E-state index in [1.165, 1.54) is 16.7 Å². The van der Waals surface area contributed by atoms with Crippen LogP contribution in [0.15, 0.2) is 59.2 Å². The first kappa shape index (κ1) is 30.8. The van der Waals surface area contributed by atoms with Crippen molar-refractivity contribution in [1.29, 1.82) is 0 Å². The van der Waals surface area contributed by atoms with Gasteiger partial charge in [0.1, 0.15) is 5.75 Å². The number of allylic oxidation sites excluding steroid dienone is 1. The van der Waals surface area contributed by atoms with Crippen molar-refractivity contribution >= 4 is 17.9 Å². The molecule has 234 valence electrons. The van der Waals surface area contributed by atoms with Crippen LogP contribution < -0.4 is 0 Å². The molecule has 2 aromatic rings. The first-order valence-corrected chi connectivity index (χ1v) is 16.2. The number of hydrogen-bond donors (Lipinski definition) is 1. The molecule has 0 aromatic heterocycles. The first-order chi connectivity index (χ1) is 21.2. The van der Waals surface area contributed by atoms with Crippen molar-refractivity contribution in [3.63, 3.8) is 0 Å². The smallest absolute Gasteiger partial charge is 0.234 e. The molecule has 4 atom stereocenters. The highest BCUT2D eigenvalue weighted by Crippen LogP contribution is 2.50. The number of ether oxygens (including phenoxy) is 2. The minimum absolute atomic E-state index is 0.0101. The number of phenolic OH excluding ortho intramolecular Hbond substituents is 1. The lowest BCUT2D eigenvalue weighted by molar-refractivity contribution is -0.144. The number of carbonyl (C=O) groups is 2. The second kappa shape index (κ2) is 13.0. The summed E-state index contributed by atoms with van der Waals surface area (Å²) in [6.07, 6.45) is 6.01. The number of carbonyl (C=O) groups excluding carboxylic acids is 2. The maximum atomic E-state index is 14.0. The zero-order valence-electron chi connectivity index (χ0n) is 26.6. The number of amides is 2. The fourth-order valence-electron chi connectivity index (χ4n) is 8.13. The predicted molar refractivity (Wildman–Crippen MR) is 171 cm³/mol. The summed E-state index contributed by atoms with van der Waals surface area (Å²) in [6, 6.07) is 14.5. The lowest BCUT2D eigenvalue weighted by atomic mass is 9.69. The van der Waals surface area contributed by atoms with Crippen LogP contribution in [0.2, 0.25) is 0 Å². The molecule has 0 bridgehead atoms. The standard InChI is InChI=1S/C37H46N2O5/c1-23(16-27-17-24(2)35(40)25(3)18-27)10-11-32-33-28(21-43-4)19-30-34(31(33)22-44-32)37(42)39(36(30)41)29-12-14-38(15-13-29)20-26-8-6-5-7-9-26/h5-9,16-18,29-32,34,40H,10-15,19-22H2,1-4H3/b23-16+/t30-,31+,32-,34-/m1/s1. The maximum absolute atomic E-state index is 14.0. The molecule has 3 saturated heterocycles. The average molecular weight is 599 g/mol. The van der Waals surface area contributed by atoms with Crippen LogP contribution in [0.5, 0.6) is 5.75 Å². The van der Waals surface area contributed by atoms with Gasteiger partial charge in [0.05, 0.1) is 31.2 Å². The Kier molecular flexibility index (Phi) is 9.08. The lowest BCUT2D eigenvalue weighted by Crippen LogP contribution is -2.47. The van der Waals surface area contributed by atoms with Gasteiger partial charge in [-0.25, -0.2) is 0 Å². The van der Waals surface area contributed by atoms with Crippen molar-refractivity contribution < 1.29 is 24.2 Å². The van der Waals surface area contributed by atoms with E-state index in [1.807, 2.05) is 32.0 Å². The fourth-order valence-corrected chi connectivity index (χ4v) is 8.13. The van der Waals surface area contributed by atoms with Gasteiger partial charge < -0.3 is 14.6 Å². The quantitative estimate of drug-likeness (QED) is 0.290. The Morgan fingerprint density at radius 2 is 1.75 bits per heavy atom. The van der Waals surface area contributed by atoms with Crippen LogP contribution >= 0.6 is 0 Å². The molecule has 3 fully saturated rings. The third kappa shape index (κ3) is 6.02. The van der Waals surface area contributed by atoms with Gasteiger partial charge in [-0.05, 0) is 98.4 Å². The van der Waals surface area contributed by atoms with Crippen molar-refractivity contribution in [2.45, 2.75) is 71.6 Å². The number of hydrogen-bond acceptors (Lipinski definition) is 6. The van der Waals surface area contributed by atoms with Crippen molar-refractivity contribution in [3.8, 4) is 5.75 Å². The van der Waals surface area contributed by atoms with Crippen molar-refractivity contribution in [2.75, 3.05) is 33.4 Å². The Bertz CT molecular complexity index is 1430. The SMILES string of the molecule is COCC1=C2[C@@H](CC/C(C)=C/c3cc(C)c(O)c(C)c3)OC[C@@H]2[C@@H]2C(=O)N(C3CCN(Cc4ccccc4)CC3)C(=O)[C@@H]2C1. The van der Waals surface area contributed by atoms with E-state index in [0.717, 1.165) is 67.6 Å². The van der Waals surface area contributed by atoms with Gasteiger partial charge in [-0.1, -0.05) is 42.0 Å². The van der Waals surface area contributed by atoms with Gasteiger partial charge in [0.2, 0.25) is 11.8 Å². The van der Waals surface area contributed by atoms with Gasteiger partial charge >= 0.3 is 0 Å². The number of imide groups is 1. The van der Waals surface area contributed by atoms with E-state index in [1.54, 1.807) is 12.0 Å².